The average molecular weight is 291 g/mol. The van der Waals surface area contributed by atoms with Gasteiger partial charge < -0.3 is 14.2 Å². The van der Waals surface area contributed by atoms with Gasteiger partial charge in [0.1, 0.15) is 11.3 Å². The largest absolute Gasteiger partial charge is 0.336 e. The van der Waals surface area contributed by atoms with Crippen molar-refractivity contribution in [2.45, 2.75) is 0 Å². The molecule has 0 saturated carbocycles. The van der Waals surface area contributed by atoms with E-state index in [4.69, 9.17) is 11.6 Å². The summed E-state index contributed by atoms with van der Waals surface area (Å²) in [5, 5.41) is 0.634. The molecule has 1 spiro atoms. The summed E-state index contributed by atoms with van der Waals surface area (Å²) >= 11 is 5.94. The number of hydrogen-bond donors (Lipinski definition) is 0. The highest BCUT2D eigenvalue weighted by molar-refractivity contribution is 6.30. The van der Waals surface area contributed by atoms with Gasteiger partial charge in [-0.2, -0.15) is 0 Å². The number of halogens is 1. The van der Waals surface area contributed by atoms with Gasteiger partial charge in [0.05, 0.1) is 5.02 Å². The number of rotatable bonds is 1. The summed E-state index contributed by atoms with van der Waals surface area (Å²) in [6.45, 7) is 3.89. The highest BCUT2D eigenvalue weighted by atomic mass is 35.5. The molecule has 1 amide bonds. The minimum Gasteiger partial charge on any atom is -0.336 e. The van der Waals surface area contributed by atoms with Crippen LogP contribution in [-0.2, 0) is 0 Å². The second kappa shape index (κ2) is 3.96. The molecule has 2 aromatic heterocycles. The Labute approximate surface area is 121 Å². The summed E-state index contributed by atoms with van der Waals surface area (Å²) in [5.74, 6) is 0.0185. The lowest BCUT2D eigenvalue weighted by molar-refractivity contribution is -0.0873. The standard InChI is InChI=1S/C14H15ClN4O/c1-17-6-14(7-17)8-19(9-14)13(20)11-5-18-4-10(15)2-3-12(18)16-11/h2-5H,6-9H2,1H3. The van der Waals surface area contributed by atoms with Crippen LogP contribution in [0.15, 0.2) is 24.5 Å². The number of carbonyl (C=O) groups excluding carboxylic acids is 1. The predicted molar refractivity (Wildman–Crippen MR) is 76.0 cm³/mol. The SMILES string of the molecule is CN1CC2(C1)CN(C(=O)c1cn3cc(Cl)ccc3n1)C2. The topological polar surface area (TPSA) is 40.9 Å². The lowest BCUT2D eigenvalue weighted by Crippen LogP contribution is -2.72. The van der Waals surface area contributed by atoms with Gasteiger partial charge in [0.15, 0.2) is 0 Å². The van der Waals surface area contributed by atoms with Crippen molar-refractivity contribution >= 4 is 23.2 Å². The molecule has 4 rings (SSSR count). The fourth-order valence-corrected chi connectivity index (χ4v) is 3.60. The van der Waals surface area contributed by atoms with Crippen molar-refractivity contribution in [3.05, 3.63) is 35.2 Å². The van der Waals surface area contributed by atoms with Crippen molar-refractivity contribution < 1.29 is 4.79 Å². The van der Waals surface area contributed by atoms with Gasteiger partial charge in [-0.15, -0.1) is 0 Å². The molecule has 0 radical (unpaired) electrons. The highest BCUT2D eigenvalue weighted by Gasteiger charge is 2.52. The summed E-state index contributed by atoms with van der Waals surface area (Å²) in [4.78, 5) is 20.9. The second-order valence-electron chi connectivity index (χ2n) is 6.07. The van der Waals surface area contributed by atoms with Crippen LogP contribution in [0.25, 0.3) is 5.65 Å². The Morgan fingerprint density at radius 3 is 2.70 bits per heavy atom. The van der Waals surface area contributed by atoms with E-state index in [1.807, 2.05) is 11.0 Å². The number of amides is 1. The molecular formula is C14H15ClN4O. The number of carbonyl (C=O) groups is 1. The average Bonchev–Trinajstić information content (AvgIpc) is 2.73. The van der Waals surface area contributed by atoms with E-state index in [0.717, 1.165) is 31.8 Å². The smallest absolute Gasteiger partial charge is 0.274 e. The molecule has 20 heavy (non-hydrogen) atoms. The lowest BCUT2D eigenvalue weighted by Gasteiger charge is -2.59. The van der Waals surface area contributed by atoms with Gasteiger partial charge in [0, 0.05) is 44.0 Å². The molecule has 0 atom stereocenters. The molecule has 0 bridgehead atoms. The Kier molecular flexibility index (Phi) is 2.41. The van der Waals surface area contributed by atoms with Gasteiger partial charge in [-0.05, 0) is 19.2 Å². The Morgan fingerprint density at radius 1 is 1.25 bits per heavy atom. The summed E-state index contributed by atoms with van der Waals surface area (Å²) < 4.78 is 1.79. The molecule has 0 aromatic carbocycles. The van der Waals surface area contributed by atoms with E-state index in [1.165, 1.54) is 0 Å². The summed E-state index contributed by atoms with van der Waals surface area (Å²) in [6.07, 6.45) is 3.51. The fourth-order valence-electron chi connectivity index (χ4n) is 3.44. The monoisotopic (exact) mass is 290 g/mol. The third-order valence-corrected chi connectivity index (χ3v) is 4.41. The normalized spacial score (nSPS) is 21.0. The fraction of sp³-hybridized carbons (Fsp3) is 0.429. The molecule has 5 nitrogen and oxygen atoms in total. The Bertz CT molecular complexity index is 696. The van der Waals surface area contributed by atoms with E-state index in [1.54, 1.807) is 22.9 Å². The van der Waals surface area contributed by atoms with Gasteiger partial charge >= 0.3 is 0 Å². The number of pyridine rings is 1. The number of aromatic nitrogens is 2. The summed E-state index contributed by atoms with van der Waals surface area (Å²) in [5.41, 5.74) is 1.60. The number of likely N-dealkylation sites (tertiary alicyclic amines) is 2. The maximum Gasteiger partial charge on any atom is 0.274 e. The van der Waals surface area contributed by atoms with E-state index in [9.17, 15) is 4.79 Å². The second-order valence-corrected chi connectivity index (χ2v) is 6.51. The third-order valence-electron chi connectivity index (χ3n) is 4.18. The van der Waals surface area contributed by atoms with Crippen LogP contribution in [0.5, 0.6) is 0 Å². The van der Waals surface area contributed by atoms with Crippen LogP contribution in [0.3, 0.4) is 0 Å². The zero-order valence-corrected chi connectivity index (χ0v) is 12.0. The van der Waals surface area contributed by atoms with Crippen molar-refractivity contribution in [2.75, 3.05) is 33.2 Å². The molecule has 0 unspecified atom stereocenters. The Hall–Kier alpha value is -1.59. The molecule has 0 N–H and O–H groups in total. The third kappa shape index (κ3) is 1.73. The zero-order valence-electron chi connectivity index (χ0n) is 11.2. The van der Waals surface area contributed by atoms with Gasteiger partial charge in [-0.25, -0.2) is 4.98 Å². The van der Waals surface area contributed by atoms with E-state index >= 15 is 0 Å². The lowest BCUT2D eigenvalue weighted by atomic mass is 9.73. The molecule has 0 aliphatic carbocycles. The minimum absolute atomic E-state index is 0.0185. The van der Waals surface area contributed by atoms with Crippen LogP contribution in [0.1, 0.15) is 10.5 Å². The first-order valence-corrected chi connectivity index (χ1v) is 7.05. The van der Waals surface area contributed by atoms with Gasteiger partial charge in [-0.1, -0.05) is 11.6 Å². The summed E-state index contributed by atoms with van der Waals surface area (Å²) in [7, 11) is 2.11. The van der Waals surface area contributed by atoms with Crippen LogP contribution in [0, 0.1) is 5.41 Å². The van der Waals surface area contributed by atoms with Gasteiger partial charge in [0.2, 0.25) is 0 Å². The van der Waals surface area contributed by atoms with E-state index in [2.05, 4.69) is 16.9 Å². The molecule has 2 saturated heterocycles. The molecule has 104 valence electrons. The molecule has 2 aliphatic heterocycles. The summed E-state index contributed by atoms with van der Waals surface area (Å²) in [6, 6.07) is 3.60. The quantitative estimate of drug-likeness (QED) is 0.797. The first-order chi connectivity index (χ1) is 9.55. The molecule has 4 heterocycles. The maximum atomic E-state index is 12.4. The molecule has 2 aromatic rings. The number of fused-ring (bicyclic) bond motifs is 1. The molecule has 6 heteroatoms. The number of nitrogens with zero attached hydrogens (tertiary/aromatic N) is 4. The number of hydrogen-bond acceptors (Lipinski definition) is 3. The first-order valence-electron chi connectivity index (χ1n) is 6.67. The van der Waals surface area contributed by atoms with Crippen molar-refractivity contribution in [1.29, 1.82) is 0 Å². The van der Waals surface area contributed by atoms with Crippen LogP contribution in [-0.4, -0.2) is 58.3 Å². The number of imidazole rings is 1. The van der Waals surface area contributed by atoms with E-state index < -0.39 is 0 Å². The van der Waals surface area contributed by atoms with E-state index in [0.29, 0.717) is 16.1 Å². The highest BCUT2D eigenvalue weighted by Crippen LogP contribution is 2.39. The van der Waals surface area contributed by atoms with Crippen LogP contribution >= 0.6 is 11.6 Å². The minimum atomic E-state index is 0.0185. The van der Waals surface area contributed by atoms with Crippen LogP contribution in [0.4, 0.5) is 0 Å². The van der Waals surface area contributed by atoms with Gasteiger partial charge in [0.25, 0.3) is 5.91 Å². The molecule has 2 fully saturated rings. The van der Waals surface area contributed by atoms with Crippen molar-refractivity contribution in [3.63, 3.8) is 0 Å². The van der Waals surface area contributed by atoms with Gasteiger partial charge in [-0.3, -0.25) is 4.79 Å². The van der Waals surface area contributed by atoms with Crippen LogP contribution < -0.4 is 0 Å². The predicted octanol–water partition coefficient (Wildman–Crippen LogP) is 1.38. The zero-order chi connectivity index (χ0) is 13.9. The Balaban J connectivity index is 1.53. The van der Waals surface area contributed by atoms with E-state index in [-0.39, 0.29) is 5.91 Å². The molecule has 2 aliphatic rings. The van der Waals surface area contributed by atoms with Crippen molar-refractivity contribution in [1.82, 2.24) is 19.2 Å². The van der Waals surface area contributed by atoms with Crippen molar-refractivity contribution in [2.24, 2.45) is 5.41 Å². The Morgan fingerprint density at radius 2 is 2.00 bits per heavy atom. The van der Waals surface area contributed by atoms with Crippen molar-refractivity contribution in [3.8, 4) is 0 Å². The molecular weight excluding hydrogens is 276 g/mol. The maximum absolute atomic E-state index is 12.4. The van der Waals surface area contributed by atoms with Crippen LogP contribution in [0.2, 0.25) is 5.02 Å². The first kappa shape index (κ1) is 12.2.